The predicted molar refractivity (Wildman–Crippen MR) is 82.1 cm³/mol. The third-order valence-corrected chi connectivity index (χ3v) is 6.11. The molecule has 1 saturated carbocycles. The van der Waals surface area contributed by atoms with Crippen LogP contribution in [0.3, 0.4) is 0 Å². The number of halogens is 1. The molecule has 1 N–H and O–H groups in total. The lowest BCUT2D eigenvalue weighted by Gasteiger charge is -2.21. The molecule has 4 heteroatoms. The summed E-state index contributed by atoms with van der Waals surface area (Å²) in [6.07, 6.45) is 3.30. The molecule has 2 nitrogen and oxygen atoms in total. The van der Waals surface area contributed by atoms with Crippen molar-refractivity contribution >= 4 is 22.4 Å². The van der Waals surface area contributed by atoms with E-state index >= 15 is 0 Å². The lowest BCUT2D eigenvalue weighted by Crippen LogP contribution is -2.35. The smallest absolute Gasteiger partial charge is 0.0564 e. The standard InChI is InChI=1S/C15H22ClNOS/c1-3-9-17-14-7-8-15(11(14)2)19(18)13-6-4-5-12(16)10-13/h4-6,10-11,14-15,17H,3,7-9H2,1-2H3. The Morgan fingerprint density at radius 2 is 2.21 bits per heavy atom. The summed E-state index contributed by atoms with van der Waals surface area (Å²) in [5, 5.41) is 4.48. The van der Waals surface area contributed by atoms with Crippen molar-refractivity contribution in [2.75, 3.05) is 6.54 Å². The largest absolute Gasteiger partial charge is 0.314 e. The number of rotatable bonds is 5. The van der Waals surface area contributed by atoms with Crippen LogP contribution >= 0.6 is 11.6 Å². The number of nitrogens with one attached hydrogen (secondary N) is 1. The maximum Gasteiger partial charge on any atom is 0.0564 e. The molecule has 1 fully saturated rings. The fourth-order valence-corrected chi connectivity index (χ4v) is 4.81. The molecule has 4 unspecified atom stereocenters. The molecule has 0 heterocycles. The van der Waals surface area contributed by atoms with Crippen LogP contribution in [0.2, 0.25) is 5.02 Å². The van der Waals surface area contributed by atoms with Crippen LogP contribution in [0.25, 0.3) is 0 Å². The maximum atomic E-state index is 12.7. The van der Waals surface area contributed by atoms with Gasteiger partial charge in [0.1, 0.15) is 0 Å². The molecule has 0 aliphatic heterocycles. The first-order valence-corrected chi connectivity index (χ1v) is 8.62. The van der Waals surface area contributed by atoms with E-state index in [0.29, 0.717) is 17.0 Å². The number of hydrogen-bond donors (Lipinski definition) is 1. The summed E-state index contributed by atoms with van der Waals surface area (Å²) in [7, 11) is -0.950. The molecule has 0 radical (unpaired) electrons. The van der Waals surface area contributed by atoms with Crippen LogP contribution in [0.1, 0.15) is 33.1 Å². The van der Waals surface area contributed by atoms with E-state index in [4.69, 9.17) is 11.6 Å². The van der Waals surface area contributed by atoms with Crippen molar-refractivity contribution < 1.29 is 4.21 Å². The van der Waals surface area contributed by atoms with E-state index in [2.05, 4.69) is 19.2 Å². The van der Waals surface area contributed by atoms with Gasteiger partial charge >= 0.3 is 0 Å². The summed E-state index contributed by atoms with van der Waals surface area (Å²) in [5.41, 5.74) is 0. The van der Waals surface area contributed by atoms with E-state index in [-0.39, 0.29) is 5.25 Å². The van der Waals surface area contributed by atoms with E-state index in [9.17, 15) is 4.21 Å². The van der Waals surface area contributed by atoms with Gasteiger partial charge in [-0.15, -0.1) is 0 Å². The second-order valence-electron chi connectivity index (χ2n) is 5.29. The van der Waals surface area contributed by atoms with Crippen molar-refractivity contribution in [3.8, 4) is 0 Å². The zero-order valence-corrected chi connectivity index (χ0v) is 13.1. The summed E-state index contributed by atoms with van der Waals surface area (Å²) in [6, 6.07) is 7.96. The topological polar surface area (TPSA) is 29.1 Å². The van der Waals surface area contributed by atoms with E-state index in [1.165, 1.54) is 0 Å². The first-order valence-electron chi connectivity index (χ1n) is 7.03. The average Bonchev–Trinajstić information content (AvgIpc) is 2.77. The van der Waals surface area contributed by atoms with Gasteiger partial charge in [0.05, 0.1) is 10.8 Å². The third kappa shape index (κ3) is 3.59. The van der Waals surface area contributed by atoms with Crippen LogP contribution in [-0.4, -0.2) is 22.0 Å². The van der Waals surface area contributed by atoms with Crippen molar-refractivity contribution in [3.05, 3.63) is 29.3 Å². The maximum absolute atomic E-state index is 12.7. The lowest BCUT2D eigenvalue weighted by atomic mass is 10.1. The number of benzene rings is 1. The highest BCUT2D eigenvalue weighted by Gasteiger charge is 2.36. The summed E-state index contributed by atoms with van der Waals surface area (Å²) in [4.78, 5) is 0.862. The van der Waals surface area contributed by atoms with Crippen molar-refractivity contribution in [2.45, 2.75) is 49.3 Å². The highest BCUT2D eigenvalue weighted by atomic mass is 35.5. The van der Waals surface area contributed by atoms with Crippen LogP contribution < -0.4 is 5.32 Å². The average molecular weight is 300 g/mol. The van der Waals surface area contributed by atoms with Crippen molar-refractivity contribution in [3.63, 3.8) is 0 Å². The first-order chi connectivity index (χ1) is 9.13. The molecule has 19 heavy (non-hydrogen) atoms. The molecule has 4 atom stereocenters. The van der Waals surface area contributed by atoms with Gasteiger partial charge in [0.25, 0.3) is 0 Å². The van der Waals surface area contributed by atoms with Crippen LogP contribution in [-0.2, 0) is 10.8 Å². The summed E-state index contributed by atoms with van der Waals surface area (Å²) < 4.78 is 12.7. The monoisotopic (exact) mass is 299 g/mol. The van der Waals surface area contributed by atoms with Gasteiger partial charge in [-0.25, -0.2) is 0 Å². The van der Waals surface area contributed by atoms with E-state index < -0.39 is 10.8 Å². The summed E-state index contributed by atoms with van der Waals surface area (Å²) >= 11 is 5.98. The molecule has 1 aromatic rings. The minimum atomic E-state index is -0.950. The zero-order chi connectivity index (χ0) is 13.8. The van der Waals surface area contributed by atoms with E-state index in [0.717, 1.165) is 30.7 Å². The van der Waals surface area contributed by atoms with E-state index in [1.807, 2.05) is 24.3 Å². The van der Waals surface area contributed by atoms with Crippen LogP contribution in [0.4, 0.5) is 0 Å². The molecule has 0 amide bonds. The molecule has 106 valence electrons. The molecule has 1 aromatic carbocycles. The lowest BCUT2D eigenvalue weighted by molar-refractivity contribution is 0.429. The normalized spacial score (nSPS) is 28.5. The molecule has 2 rings (SSSR count). The van der Waals surface area contributed by atoms with E-state index in [1.54, 1.807) is 0 Å². The third-order valence-electron chi connectivity index (χ3n) is 3.94. The van der Waals surface area contributed by atoms with Gasteiger partial charge in [-0.2, -0.15) is 0 Å². The fraction of sp³-hybridized carbons (Fsp3) is 0.600. The molecular weight excluding hydrogens is 278 g/mol. The quantitative estimate of drug-likeness (QED) is 0.900. The Morgan fingerprint density at radius 1 is 1.42 bits per heavy atom. The molecule has 0 saturated heterocycles. The Morgan fingerprint density at radius 3 is 2.89 bits per heavy atom. The molecular formula is C15H22ClNOS. The molecule has 1 aliphatic rings. The summed E-state index contributed by atoms with van der Waals surface area (Å²) in [5.74, 6) is 0.450. The molecule has 0 spiro atoms. The van der Waals surface area contributed by atoms with Crippen LogP contribution in [0.5, 0.6) is 0 Å². The van der Waals surface area contributed by atoms with Crippen LogP contribution in [0.15, 0.2) is 29.2 Å². The molecule has 0 bridgehead atoms. The Hall–Kier alpha value is -0.380. The van der Waals surface area contributed by atoms with Crippen molar-refractivity contribution in [1.29, 1.82) is 0 Å². The van der Waals surface area contributed by atoms with Gasteiger partial charge in [0, 0.05) is 21.2 Å². The van der Waals surface area contributed by atoms with Gasteiger partial charge in [0.15, 0.2) is 0 Å². The predicted octanol–water partition coefficient (Wildman–Crippen LogP) is 3.61. The SMILES string of the molecule is CCCNC1CCC(S(=O)c2cccc(Cl)c2)C1C. The second kappa shape index (κ2) is 6.87. The first kappa shape index (κ1) is 15.0. The molecule has 1 aliphatic carbocycles. The van der Waals surface area contributed by atoms with Gasteiger partial charge in [-0.1, -0.05) is 31.5 Å². The van der Waals surface area contributed by atoms with Gasteiger partial charge in [-0.3, -0.25) is 4.21 Å². The Labute approximate surface area is 123 Å². The van der Waals surface area contributed by atoms with Gasteiger partial charge in [0.2, 0.25) is 0 Å². The minimum Gasteiger partial charge on any atom is -0.314 e. The Balaban J connectivity index is 2.04. The Bertz CT molecular complexity index is 452. The number of hydrogen-bond acceptors (Lipinski definition) is 2. The highest BCUT2D eigenvalue weighted by molar-refractivity contribution is 7.85. The van der Waals surface area contributed by atoms with Crippen LogP contribution in [0, 0.1) is 5.92 Å². The van der Waals surface area contributed by atoms with Crippen molar-refractivity contribution in [1.82, 2.24) is 5.32 Å². The van der Waals surface area contributed by atoms with Crippen molar-refractivity contribution in [2.24, 2.45) is 5.92 Å². The molecule has 0 aromatic heterocycles. The highest BCUT2D eigenvalue weighted by Crippen LogP contribution is 2.33. The Kier molecular flexibility index (Phi) is 5.43. The van der Waals surface area contributed by atoms with Gasteiger partial charge < -0.3 is 5.32 Å². The summed E-state index contributed by atoms with van der Waals surface area (Å²) in [6.45, 7) is 5.44. The van der Waals surface area contributed by atoms with Gasteiger partial charge in [-0.05, 0) is 49.9 Å². The minimum absolute atomic E-state index is 0.243. The fourth-order valence-electron chi connectivity index (χ4n) is 2.82. The zero-order valence-electron chi connectivity index (χ0n) is 11.6. The second-order valence-corrected chi connectivity index (χ2v) is 7.40.